The summed E-state index contributed by atoms with van der Waals surface area (Å²) in [4.78, 5) is 10.1. The molecule has 0 saturated carbocycles. The van der Waals surface area contributed by atoms with Crippen LogP contribution in [0, 0.1) is 16.0 Å². The summed E-state index contributed by atoms with van der Waals surface area (Å²) in [6.45, 7) is 2.22. The Hall–Kier alpha value is 0.610. The van der Waals surface area contributed by atoms with Crippen molar-refractivity contribution in [3.8, 4) is 0 Å². The first-order chi connectivity index (χ1) is 6.65. The molecule has 0 aromatic carbocycles. The van der Waals surface area contributed by atoms with Gasteiger partial charge in [-0.25, -0.2) is 0 Å². The fraction of sp³-hybridized carbons (Fsp3) is 1.00. The van der Waals surface area contributed by atoms with E-state index < -0.39 is 0 Å². The minimum Gasteiger partial charge on any atom is -0.363 e. The van der Waals surface area contributed by atoms with Gasteiger partial charge in [-0.05, 0) is 6.42 Å². The van der Waals surface area contributed by atoms with Gasteiger partial charge in [0.05, 0.1) is 18.6 Å². The van der Waals surface area contributed by atoms with E-state index in [1.54, 1.807) is 0 Å². The topological polar surface area (TPSA) is 61.6 Å². The van der Waals surface area contributed by atoms with Gasteiger partial charge in [-0.2, -0.15) is 0 Å². The van der Waals surface area contributed by atoms with E-state index in [0.29, 0.717) is 6.61 Å². The summed E-state index contributed by atoms with van der Waals surface area (Å²) in [5, 5.41) is 10.4. The molecule has 0 aliphatic heterocycles. The maximum absolute atomic E-state index is 10.4. The molecule has 3 unspecified atom stereocenters. The van der Waals surface area contributed by atoms with Crippen molar-refractivity contribution in [1.29, 1.82) is 0 Å². The number of hydrogen-bond acceptors (Lipinski definition) is 4. The van der Waals surface area contributed by atoms with Crippen LogP contribution < -0.4 is 0 Å². The van der Waals surface area contributed by atoms with Crippen molar-refractivity contribution in [3.63, 3.8) is 0 Å². The van der Waals surface area contributed by atoms with Crippen molar-refractivity contribution in [2.45, 2.75) is 19.4 Å². The van der Waals surface area contributed by atoms with Gasteiger partial charge in [0.2, 0.25) is 6.54 Å². The fourth-order valence-corrected chi connectivity index (χ4v) is 2.30. The van der Waals surface area contributed by atoms with Gasteiger partial charge in [-0.3, -0.25) is 10.1 Å². The van der Waals surface area contributed by atoms with E-state index in [4.69, 9.17) is 9.05 Å². The molecular weight excluding hydrogens is 243 g/mol. The highest BCUT2D eigenvalue weighted by atomic mass is 32.0. The first kappa shape index (κ1) is 14.6. The van der Waals surface area contributed by atoms with Crippen LogP contribution in [0.5, 0.6) is 0 Å². The molecule has 0 heterocycles. The summed E-state index contributed by atoms with van der Waals surface area (Å²) >= 11 is 0. The van der Waals surface area contributed by atoms with Crippen LogP contribution in [0.4, 0.5) is 0 Å². The van der Waals surface area contributed by atoms with Crippen molar-refractivity contribution >= 4 is 26.9 Å². The van der Waals surface area contributed by atoms with Crippen molar-refractivity contribution in [2.75, 3.05) is 13.2 Å². The Kier molecular flexibility index (Phi) is 9.27. The van der Waals surface area contributed by atoms with Crippen molar-refractivity contribution in [1.82, 2.24) is 0 Å². The molecule has 0 amide bonds. The van der Waals surface area contributed by atoms with E-state index in [-0.39, 0.29) is 32.0 Å². The lowest BCUT2D eigenvalue weighted by molar-refractivity contribution is -0.490. The summed E-state index contributed by atoms with van der Waals surface area (Å²) in [6.07, 6.45) is 0.521. The smallest absolute Gasteiger partial charge is 0.209 e. The van der Waals surface area contributed by atoms with Crippen LogP contribution in [0.2, 0.25) is 0 Å². The molecule has 8 heteroatoms. The lowest BCUT2D eigenvalue weighted by atomic mass is 10.0. The lowest BCUT2D eigenvalue weighted by Crippen LogP contribution is -2.30. The Morgan fingerprint density at radius 1 is 1.64 bits per heavy atom. The summed E-state index contributed by atoms with van der Waals surface area (Å²) < 4.78 is 10.3. The van der Waals surface area contributed by atoms with Crippen LogP contribution >= 0.6 is 26.9 Å². The molecule has 0 aromatic heterocycles. The Morgan fingerprint density at radius 2 is 2.29 bits per heavy atom. The summed E-state index contributed by atoms with van der Waals surface area (Å²) in [5.74, 6) is -0.0846. The van der Waals surface area contributed by atoms with Gasteiger partial charge in [0.25, 0.3) is 0 Å². The van der Waals surface area contributed by atoms with Gasteiger partial charge in [-0.1, -0.05) is 15.9 Å². The Balaban J connectivity index is 4.16. The van der Waals surface area contributed by atoms with Crippen LogP contribution in [0.3, 0.4) is 0 Å². The van der Waals surface area contributed by atoms with E-state index in [1.807, 2.05) is 6.92 Å². The second kappa shape index (κ2) is 8.88. The summed E-state index contributed by atoms with van der Waals surface area (Å²) in [6, 6.07) is 0. The largest absolute Gasteiger partial charge is 0.363 e. The third-order valence-electron chi connectivity index (χ3n) is 1.91. The third kappa shape index (κ3) is 6.16. The van der Waals surface area contributed by atoms with Gasteiger partial charge in [0, 0.05) is 22.9 Å². The molecule has 14 heavy (non-hydrogen) atoms. The molecule has 0 spiro atoms. The van der Waals surface area contributed by atoms with Gasteiger partial charge in [0.15, 0.2) is 0 Å². The van der Waals surface area contributed by atoms with E-state index in [1.165, 1.54) is 0 Å². The molecule has 0 aliphatic rings. The molecule has 0 radical (unpaired) electrons. The van der Waals surface area contributed by atoms with E-state index >= 15 is 0 Å². The predicted octanol–water partition coefficient (Wildman–Crippen LogP) is 1.86. The summed E-state index contributed by atoms with van der Waals surface area (Å²) in [5.41, 5.74) is 0. The van der Waals surface area contributed by atoms with Gasteiger partial charge >= 0.3 is 0 Å². The molecule has 0 bridgehead atoms. The average molecular weight is 259 g/mol. The molecule has 5 atom stereocenters. The molecule has 5 nitrogen and oxygen atoms in total. The molecular formula is C6H16NO4P3. The third-order valence-corrected chi connectivity index (χ3v) is 2.95. The first-order valence-corrected chi connectivity index (χ1v) is 7.39. The maximum atomic E-state index is 10.4. The Labute approximate surface area is 90.1 Å². The highest BCUT2D eigenvalue weighted by molar-refractivity contribution is 8.00. The fourth-order valence-electron chi connectivity index (χ4n) is 1.15. The molecule has 0 saturated heterocycles. The van der Waals surface area contributed by atoms with Gasteiger partial charge in [0.1, 0.15) is 0 Å². The molecule has 0 aromatic rings. The SMILES string of the molecule is CC[C@H](C[N+](=O)[O-])[C@H](COP)OPP. The zero-order valence-corrected chi connectivity index (χ0v) is 11.3. The molecule has 0 fully saturated rings. The minimum absolute atomic E-state index is 0.0651. The zero-order valence-electron chi connectivity index (χ0n) is 8.01. The Bertz CT molecular complexity index is 165. The van der Waals surface area contributed by atoms with Gasteiger partial charge in [-0.15, -0.1) is 0 Å². The highest BCUT2D eigenvalue weighted by Crippen LogP contribution is 2.28. The van der Waals surface area contributed by atoms with E-state index in [2.05, 4.69) is 18.4 Å². The van der Waals surface area contributed by atoms with Crippen molar-refractivity contribution in [2.24, 2.45) is 5.92 Å². The number of hydrogen-bond donors (Lipinski definition) is 0. The van der Waals surface area contributed by atoms with Crippen molar-refractivity contribution < 1.29 is 14.0 Å². The van der Waals surface area contributed by atoms with Crippen LogP contribution in [-0.2, 0) is 9.05 Å². The Morgan fingerprint density at radius 3 is 2.64 bits per heavy atom. The normalized spacial score (nSPS) is 15.9. The quantitative estimate of drug-likeness (QED) is 0.379. The maximum Gasteiger partial charge on any atom is 0.209 e. The second-order valence-corrected chi connectivity index (χ2v) is 4.30. The number of nitro groups is 1. The minimum atomic E-state index is -0.306. The van der Waals surface area contributed by atoms with E-state index in [0.717, 1.165) is 6.42 Å². The molecule has 0 aliphatic carbocycles. The van der Waals surface area contributed by atoms with E-state index in [9.17, 15) is 10.1 Å². The molecule has 0 N–H and O–H groups in total. The van der Waals surface area contributed by atoms with Crippen LogP contribution in [0.15, 0.2) is 0 Å². The van der Waals surface area contributed by atoms with Gasteiger partial charge < -0.3 is 9.05 Å². The van der Waals surface area contributed by atoms with Crippen molar-refractivity contribution in [3.05, 3.63) is 10.1 Å². The zero-order chi connectivity index (χ0) is 11.0. The second-order valence-electron chi connectivity index (χ2n) is 2.79. The average Bonchev–Trinajstić information content (AvgIpc) is 2.13. The number of rotatable bonds is 8. The number of nitrogens with zero attached hydrogens (tertiary/aromatic N) is 1. The summed E-state index contributed by atoms with van der Waals surface area (Å²) in [7, 11) is 4.83. The monoisotopic (exact) mass is 259 g/mol. The van der Waals surface area contributed by atoms with Crippen LogP contribution in [-0.4, -0.2) is 24.2 Å². The lowest BCUT2D eigenvalue weighted by Gasteiger charge is -2.21. The first-order valence-electron chi connectivity index (χ1n) is 4.20. The standard InChI is InChI=1S/C6H16NO4P3/c1-2-5(3-7(8)9)6(4-10-12)11-14-13/h5-6,14H,2-4,12-13H2,1H3/t5-,6+/m1/s1. The molecule has 0 rings (SSSR count). The van der Waals surface area contributed by atoms with Crippen LogP contribution in [0.1, 0.15) is 13.3 Å². The molecule has 84 valence electrons. The highest BCUT2D eigenvalue weighted by Gasteiger charge is 2.25. The van der Waals surface area contributed by atoms with Crippen LogP contribution in [0.25, 0.3) is 0 Å². The predicted molar refractivity (Wildman–Crippen MR) is 64.2 cm³/mol.